The van der Waals surface area contributed by atoms with E-state index < -0.39 is 0 Å². The Morgan fingerprint density at radius 2 is 1.54 bits per heavy atom. The Morgan fingerprint density at radius 1 is 0.875 bits per heavy atom. The molecule has 2 aromatic carbocycles. The molecule has 4 nitrogen and oxygen atoms in total. The molecular weight excluding hydrogens is 296 g/mol. The number of imidazole rings is 1. The molecule has 2 heterocycles. The predicted molar refractivity (Wildman–Crippen MR) is 95.6 cm³/mol. The van der Waals surface area contributed by atoms with Crippen LogP contribution in [0, 0.1) is 0 Å². The number of benzene rings is 2. The van der Waals surface area contributed by atoms with Gasteiger partial charge in [0.05, 0.1) is 17.6 Å². The SMILES string of the molecule is CCCc1c(-c2ccccc2)nc2ncc(-c3ccccc3)nn12. The number of aryl methyl sites for hydroxylation is 1. The topological polar surface area (TPSA) is 43.1 Å². The lowest BCUT2D eigenvalue weighted by Crippen LogP contribution is -2.01. The largest absolute Gasteiger partial charge is 0.251 e. The number of fused-ring (bicyclic) bond motifs is 1. The third-order valence-corrected chi connectivity index (χ3v) is 4.04. The highest BCUT2D eigenvalue weighted by molar-refractivity contribution is 5.66. The molecule has 0 saturated carbocycles. The Labute approximate surface area is 140 Å². The van der Waals surface area contributed by atoms with Gasteiger partial charge in [-0.2, -0.15) is 5.10 Å². The molecular formula is C20H18N4. The summed E-state index contributed by atoms with van der Waals surface area (Å²) in [6.07, 6.45) is 3.74. The van der Waals surface area contributed by atoms with E-state index in [2.05, 4.69) is 24.0 Å². The maximum atomic E-state index is 4.80. The van der Waals surface area contributed by atoms with Crippen LogP contribution in [0.2, 0.25) is 0 Å². The fourth-order valence-corrected chi connectivity index (χ4v) is 2.90. The van der Waals surface area contributed by atoms with Crippen molar-refractivity contribution in [2.45, 2.75) is 19.8 Å². The van der Waals surface area contributed by atoms with Crippen molar-refractivity contribution in [3.63, 3.8) is 0 Å². The molecule has 0 aliphatic carbocycles. The van der Waals surface area contributed by atoms with Crippen LogP contribution < -0.4 is 0 Å². The van der Waals surface area contributed by atoms with Crippen molar-refractivity contribution in [1.29, 1.82) is 0 Å². The quantitative estimate of drug-likeness (QED) is 0.560. The summed E-state index contributed by atoms with van der Waals surface area (Å²) in [5.74, 6) is 0.650. The van der Waals surface area contributed by atoms with Gasteiger partial charge in [-0.15, -0.1) is 0 Å². The van der Waals surface area contributed by atoms with Crippen molar-refractivity contribution in [2.24, 2.45) is 0 Å². The molecule has 0 spiro atoms. The van der Waals surface area contributed by atoms with Crippen LogP contribution in [0.25, 0.3) is 28.3 Å². The normalized spacial score (nSPS) is 11.0. The minimum atomic E-state index is 0.650. The standard InChI is InChI=1S/C20H18N4/c1-2-9-18-19(16-12-7-4-8-13-16)22-20-21-14-17(23-24(18)20)15-10-5-3-6-11-15/h3-8,10-14H,2,9H2,1H3. The second kappa shape index (κ2) is 6.24. The number of aromatic nitrogens is 4. The molecule has 0 saturated heterocycles. The lowest BCUT2D eigenvalue weighted by Gasteiger charge is -2.04. The van der Waals surface area contributed by atoms with E-state index in [-0.39, 0.29) is 0 Å². The molecule has 0 bridgehead atoms. The van der Waals surface area contributed by atoms with E-state index >= 15 is 0 Å². The zero-order valence-electron chi connectivity index (χ0n) is 13.6. The van der Waals surface area contributed by atoms with E-state index in [4.69, 9.17) is 10.1 Å². The molecule has 0 aliphatic heterocycles. The number of hydrogen-bond acceptors (Lipinski definition) is 3. The maximum Gasteiger partial charge on any atom is 0.251 e. The second-order valence-corrected chi connectivity index (χ2v) is 5.74. The van der Waals surface area contributed by atoms with Gasteiger partial charge in [0.1, 0.15) is 5.69 Å². The Balaban J connectivity index is 1.91. The molecule has 0 N–H and O–H groups in total. The molecule has 0 amide bonds. The van der Waals surface area contributed by atoms with Crippen molar-refractivity contribution >= 4 is 5.78 Å². The van der Waals surface area contributed by atoms with Crippen LogP contribution in [0.15, 0.2) is 66.9 Å². The summed E-state index contributed by atoms with van der Waals surface area (Å²) in [5, 5.41) is 4.80. The van der Waals surface area contributed by atoms with Gasteiger partial charge in [0.2, 0.25) is 0 Å². The van der Waals surface area contributed by atoms with Gasteiger partial charge in [-0.1, -0.05) is 74.0 Å². The average molecular weight is 314 g/mol. The average Bonchev–Trinajstić information content (AvgIpc) is 3.01. The molecule has 24 heavy (non-hydrogen) atoms. The van der Waals surface area contributed by atoms with E-state index in [9.17, 15) is 0 Å². The van der Waals surface area contributed by atoms with Gasteiger partial charge in [-0.25, -0.2) is 14.5 Å². The Hall–Kier alpha value is -3.01. The molecule has 0 radical (unpaired) electrons. The number of nitrogens with zero attached hydrogens (tertiary/aromatic N) is 4. The van der Waals surface area contributed by atoms with Gasteiger partial charge < -0.3 is 0 Å². The third kappa shape index (κ3) is 2.56. The lowest BCUT2D eigenvalue weighted by molar-refractivity contribution is 0.799. The van der Waals surface area contributed by atoms with Crippen molar-refractivity contribution in [2.75, 3.05) is 0 Å². The molecule has 0 fully saturated rings. The van der Waals surface area contributed by atoms with E-state index in [1.807, 2.05) is 53.0 Å². The fourth-order valence-electron chi connectivity index (χ4n) is 2.90. The Kier molecular flexibility index (Phi) is 3.79. The highest BCUT2D eigenvalue weighted by atomic mass is 15.3. The summed E-state index contributed by atoms with van der Waals surface area (Å²) >= 11 is 0. The molecule has 0 atom stereocenters. The van der Waals surface area contributed by atoms with Crippen LogP contribution >= 0.6 is 0 Å². The van der Waals surface area contributed by atoms with Crippen LogP contribution in [0.1, 0.15) is 19.0 Å². The van der Waals surface area contributed by atoms with Crippen LogP contribution in [0.4, 0.5) is 0 Å². The van der Waals surface area contributed by atoms with Crippen molar-refractivity contribution < 1.29 is 0 Å². The molecule has 2 aromatic heterocycles. The summed E-state index contributed by atoms with van der Waals surface area (Å²) in [6.45, 7) is 2.17. The molecule has 4 heteroatoms. The Bertz CT molecular complexity index is 959. The highest BCUT2D eigenvalue weighted by Crippen LogP contribution is 2.25. The van der Waals surface area contributed by atoms with Gasteiger partial charge in [0.15, 0.2) is 0 Å². The molecule has 118 valence electrons. The monoisotopic (exact) mass is 314 g/mol. The minimum Gasteiger partial charge on any atom is -0.217 e. The third-order valence-electron chi connectivity index (χ3n) is 4.04. The smallest absolute Gasteiger partial charge is 0.217 e. The summed E-state index contributed by atoms with van der Waals surface area (Å²) in [6, 6.07) is 20.4. The summed E-state index contributed by atoms with van der Waals surface area (Å²) in [5.41, 5.74) is 5.11. The van der Waals surface area contributed by atoms with Crippen LogP contribution in [-0.4, -0.2) is 19.6 Å². The summed E-state index contributed by atoms with van der Waals surface area (Å²) in [7, 11) is 0. The zero-order chi connectivity index (χ0) is 16.4. The second-order valence-electron chi connectivity index (χ2n) is 5.74. The van der Waals surface area contributed by atoms with Gasteiger partial charge in [-0.3, -0.25) is 0 Å². The summed E-state index contributed by atoms with van der Waals surface area (Å²) in [4.78, 5) is 9.26. The highest BCUT2D eigenvalue weighted by Gasteiger charge is 2.15. The van der Waals surface area contributed by atoms with Gasteiger partial charge in [0.25, 0.3) is 5.78 Å². The number of hydrogen-bond donors (Lipinski definition) is 0. The van der Waals surface area contributed by atoms with Crippen LogP contribution in [-0.2, 0) is 6.42 Å². The zero-order valence-corrected chi connectivity index (χ0v) is 13.6. The van der Waals surface area contributed by atoms with E-state index in [1.165, 1.54) is 0 Å². The van der Waals surface area contributed by atoms with Crippen LogP contribution in [0.3, 0.4) is 0 Å². The lowest BCUT2D eigenvalue weighted by atomic mass is 10.1. The first-order valence-electron chi connectivity index (χ1n) is 8.22. The van der Waals surface area contributed by atoms with Gasteiger partial charge in [0, 0.05) is 11.1 Å². The van der Waals surface area contributed by atoms with Crippen LogP contribution in [0.5, 0.6) is 0 Å². The van der Waals surface area contributed by atoms with E-state index in [0.717, 1.165) is 41.1 Å². The van der Waals surface area contributed by atoms with Gasteiger partial charge in [-0.05, 0) is 6.42 Å². The van der Waals surface area contributed by atoms with E-state index in [0.29, 0.717) is 5.78 Å². The van der Waals surface area contributed by atoms with Gasteiger partial charge >= 0.3 is 0 Å². The fraction of sp³-hybridized carbons (Fsp3) is 0.150. The number of rotatable bonds is 4. The van der Waals surface area contributed by atoms with Crippen molar-refractivity contribution in [3.8, 4) is 22.5 Å². The van der Waals surface area contributed by atoms with Crippen molar-refractivity contribution in [1.82, 2.24) is 19.6 Å². The maximum absolute atomic E-state index is 4.80. The first kappa shape index (κ1) is 14.6. The molecule has 4 rings (SSSR count). The molecule has 4 aromatic rings. The molecule has 0 unspecified atom stereocenters. The van der Waals surface area contributed by atoms with Crippen molar-refractivity contribution in [3.05, 3.63) is 72.6 Å². The molecule has 0 aliphatic rings. The Morgan fingerprint density at radius 3 is 2.21 bits per heavy atom. The van der Waals surface area contributed by atoms with E-state index in [1.54, 1.807) is 6.20 Å². The first-order chi connectivity index (χ1) is 11.9. The summed E-state index contributed by atoms with van der Waals surface area (Å²) < 4.78 is 1.90. The predicted octanol–water partition coefficient (Wildman–Crippen LogP) is 4.41. The minimum absolute atomic E-state index is 0.650. The first-order valence-corrected chi connectivity index (χ1v) is 8.22.